The van der Waals surface area contributed by atoms with E-state index in [0.717, 1.165) is 0 Å². The van der Waals surface area contributed by atoms with Gasteiger partial charge in [-0.1, -0.05) is 64.0 Å². The maximum absolute atomic E-state index is 12.7. The van der Waals surface area contributed by atoms with Crippen LogP contribution in [0.1, 0.15) is 81.1 Å². The highest BCUT2D eigenvalue weighted by atomic mass is 28.4. The van der Waals surface area contributed by atoms with Crippen LogP contribution in [0.3, 0.4) is 0 Å². The van der Waals surface area contributed by atoms with Crippen molar-refractivity contribution in [3.8, 4) is 0 Å². The van der Waals surface area contributed by atoms with E-state index in [9.17, 15) is 9.59 Å². The molecule has 1 heterocycles. The zero-order valence-electron chi connectivity index (χ0n) is 30.2. The summed E-state index contributed by atoms with van der Waals surface area (Å²) in [7, 11) is 0.992. The molecule has 0 saturated carbocycles. The average Bonchev–Trinajstić information content (AvgIpc) is 2.94. The van der Waals surface area contributed by atoms with Gasteiger partial charge in [0.25, 0.3) is 0 Å². The normalized spacial score (nSPS) is 20.9. The maximum Gasteiger partial charge on any atom is 0.308 e. The van der Waals surface area contributed by atoms with E-state index < -0.39 is 32.2 Å². The lowest BCUT2D eigenvalue weighted by molar-refractivity contribution is -0.312. The fourth-order valence-electron chi connectivity index (χ4n) is 4.55. The Kier molecular flexibility index (Phi) is 17.2. The van der Waals surface area contributed by atoms with Crippen LogP contribution >= 0.6 is 0 Å². The summed E-state index contributed by atoms with van der Waals surface area (Å²) in [5.41, 5.74) is 8.78. The molecule has 0 aromatic heterocycles. The zero-order chi connectivity index (χ0) is 35.2. The summed E-state index contributed by atoms with van der Waals surface area (Å²) in [5.74, 6) is -1.53. The minimum absolute atomic E-state index is 0.0158. The number of hydrogen-bond acceptors (Lipinski definition) is 10. The van der Waals surface area contributed by atoms with E-state index in [2.05, 4.69) is 43.9 Å². The molecule has 0 bridgehead atoms. The molecule has 0 aromatic rings. The van der Waals surface area contributed by atoms with Gasteiger partial charge in [-0.15, -0.1) is 0 Å². The van der Waals surface area contributed by atoms with Crippen molar-refractivity contribution < 1.29 is 42.4 Å². The first-order valence-electron chi connectivity index (χ1n) is 16.0. The van der Waals surface area contributed by atoms with Crippen molar-refractivity contribution >= 4 is 20.3 Å². The molecule has 0 amide bonds. The number of nitrogens with zero attached hydrogens (tertiary/aromatic N) is 3. The second-order valence-electron chi connectivity index (χ2n) is 14.3. The van der Waals surface area contributed by atoms with Crippen molar-refractivity contribution in [2.45, 2.75) is 135 Å². The minimum Gasteiger partial charge on any atom is -0.466 e. The first-order valence-corrected chi connectivity index (χ1v) is 19.0. The number of esters is 2. The van der Waals surface area contributed by atoms with Gasteiger partial charge in [0.15, 0.2) is 14.1 Å². The van der Waals surface area contributed by atoms with Crippen LogP contribution in [0.5, 0.6) is 0 Å². The second kappa shape index (κ2) is 18.9. The Hall–Kier alpha value is -2.25. The third kappa shape index (κ3) is 14.7. The molecule has 1 aliphatic rings. The highest BCUT2D eigenvalue weighted by Gasteiger charge is 2.43. The Bertz CT molecular complexity index is 1070. The number of rotatable bonds is 19. The predicted molar refractivity (Wildman–Crippen MR) is 180 cm³/mol. The van der Waals surface area contributed by atoms with Gasteiger partial charge in [0.1, 0.15) is 6.61 Å². The highest BCUT2D eigenvalue weighted by molar-refractivity contribution is 6.74. The fraction of sp³-hybridized carbons (Fsp3) is 0.818. The van der Waals surface area contributed by atoms with E-state index in [4.69, 9.17) is 38.4 Å². The van der Waals surface area contributed by atoms with Gasteiger partial charge < -0.3 is 32.8 Å². The van der Waals surface area contributed by atoms with Gasteiger partial charge in [-0.2, -0.15) is 0 Å². The lowest BCUT2D eigenvalue weighted by Crippen LogP contribution is -2.51. The molecule has 0 radical (unpaired) electrons. The number of carbonyl (C=O) groups excluding carboxylic acids is 2. The van der Waals surface area contributed by atoms with Crippen LogP contribution in [0.15, 0.2) is 29.4 Å². The molecule has 1 fully saturated rings. The zero-order valence-corrected chi connectivity index (χ0v) is 31.2. The molecular formula is C33H59N3O9Si. The standard InChI is InChI=1S/C33H59N3O9Si/c1-13-41-29(37)20-25(45-46(11,12)31(2,3)4)19-24(39-9)17-15-14-16-18-27(40-10)26(35-36-34)22-42-30(38)21-28-32(5,6)23-43-33(7,8)44-28/h14-17,24-28H,13,18-23H2,1-12H3/b16-14+,17-15+/t24-,25-,26-,27-,28-/m0/s1. The van der Waals surface area contributed by atoms with Gasteiger partial charge in [0, 0.05) is 31.0 Å². The quantitative estimate of drug-likeness (QED) is 0.0353. The number of azide groups is 1. The molecule has 5 atom stereocenters. The number of hydrogen-bond donors (Lipinski definition) is 0. The Morgan fingerprint density at radius 3 is 2.33 bits per heavy atom. The van der Waals surface area contributed by atoms with E-state index in [1.807, 2.05) is 52.0 Å². The number of allylic oxidation sites excluding steroid dienone is 2. The Labute approximate surface area is 277 Å². The van der Waals surface area contributed by atoms with Crippen molar-refractivity contribution in [3.63, 3.8) is 0 Å². The minimum atomic E-state index is -2.15. The van der Waals surface area contributed by atoms with Gasteiger partial charge >= 0.3 is 11.9 Å². The molecule has 264 valence electrons. The average molecular weight is 670 g/mol. The molecule has 0 spiro atoms. The largest absolute Gasteiger partial charge is 0.466 e. The van der Waals surface area contributed by atoms with Crippen molar-refractivity contribution in [1.82, 2.24) is 0 Å². The lowest BCUT2D eigenvalue weighted by atomic mass is 9.84. The van der Waals surface area contributed by atoms with E-state index >= 15 is 0 Å². The molecule has 1 saturated heterocycles. The molecule has 0 N–H and O–H groups in total. The first kappa shape index (κ1) is 41.8. The topological polar surface area (TPSA) is 148 Å². The van der Waals surface area contributed by atoms with Crippen LogP contribution in [0, 0.1) is 5.41 Å². The van der Waals surface area contributed by atoms with Crippen molar-refractivity contribution in [2.75, 3.05) is 34.0 Å². The summed E-state index contributed by atoms with van der Waals surface area (Å²) in [6, 6.07) is -0.726. The molecule has 46 heavy (non-hydrogen) atoms. The highest BCUT2D eigenvalue weighted by Crippen LogP contribution is 2.38. The van der Waals surface area contributed by atoms with E-state index in [1.165, 1.54) is 7.11 Å². The molecule has 0 aromatic carbocycles. The molecule has 12 nitrogen and oxygen atoms in total. The summed E-state index contributed by atoms with van der Waals surface area (Å²) in [5, 5.41) is 3.81. The van der Waals surface area contributed by atoms with Crippen LogP contribution in [0.25, 0.3) is 10.4 Å². The van der Waals surface area contributed by atoms with Crippen molar-refractivity contribution in [2.24, 2.45) is 10.5 Å². The van der Waals surface area contributed by atoms with Crippen LogP contribution in [-0.4, -0.2) is 90.5 Å². The molecule has 1 rings (SSSR count). The summed E-state index contributed by atoms with van der Waals surface area (Å²) >= 11 is 0. The van der Waals surface area contributed by atoms with E-state index in [-0.39, 0.29) is 54.2 Å². The Balaban J connectivity index is 2.82. The number of ether oxygens (including phenoxy) is 6. The van der Waals surface area contributed by atoms with Crippen LogP contribution < -0.4 is 0 Å². The smallest absolute Gasteiger partial charge is 0.308 e. The Morgan fingerprint density at radius 1 is 1.09 bits per heavy atom. The predicted octanol–water partition coefficient (Wildman–Crippen LogP) is 7.04. The monoisotopic (exact) mass is 669 g/mol. The van der Waals surface area contributed by atoms with Gasteiger partial charge in [0.05, 0.1) is 56.5 Å². The molecule has 0 unspecified atom stereocenters. The fourth-order valence-corrected chi connectivity index (χ4v) is 5.92. The number of methoxy groups -OCH3 is 2. The SMILES string of the molecule is CCOC(=O)C[C@H](C[C@H](/C=C/C=C/C[C@H](OC)[C@H](COC(=O)C[C@@H]1OC(C)(C)OCC1(C)C)N=[N+]=[N-])OC)O[Si](C)(C)C(C)(C)C. The summed E-state index contributed by atoms with van der Waals surface area (Å²) < 4.78 is 40.3. The second-order valence-corrected chi connectivity index (χ2v) is 19.0. The first-order chi connectivity index (χ1) is 21.3. The third-order valence-corrected chi connectivity index (χ3v) is 13.0. The number of carbonyl (C=O) groups is 2. The molecule has 0 aliphatic carbocycles. The van der Waals surface area contributed by atoms with Crippen LogP contribution in [0.2, 0.25) is 18.1 Å². The molecule has 1 aliphatic heterocycles. The van der Waals surface area contributed by atoms with Gasteiger partial charge in [-0.3, -0.25) is 9.59 Å². The molecule has 13 heteroatoms. The Morgan fingerprint density at radius 2 is 1.76 bits per heavy atom. The van der Waals surface area contributed by atoms with Gasteiger partial charge in [-0.25, -0.2) is 0 Å². The summed E-state index contributed by atoms with van der Waals surface area (Å²) in [4.78, 5) is 28.0. The van der Waals surface area contributed by atoms with Crippen LogP contribution in [-0.2, 0) is 42.4 Å². The lowest BCUT2D eigenvalue weighted by Gasteiger charge is -2.45. The van der Waals surface area contributed by atoms with Gasteiger partial charge in [0.2, 0.25) is 0 Å². The third-order valence-electron chi connectivity index (χ3n) is 8.49. The summed E-state index contributed by atoms with van der Waals surface area (Å²) in [6.45, 7) is 20.8. The summed E-state index contributed by atoms with van der Waals surface area (Å²) in [6.07, 6.45) is 7.04. The van der Waals surface area contributed by atoms with Gasteiger partial charge in [-0.05, 0) is 50.9 Å². The van der Waals surface area contributed by atoms with E-state index in [0.29, 0.717) is 26.1 Å². The van der Waals surface area contributed by atoms with Crippen molar-refractivity contribution in [3.05, 3.63) is 34.7 Å². The maximum atomic E-state index is 12.7. The van der Waals surface area contributed by atoms with E-state index in [1.54, 1.807) is 14.0 Å². The van der Waals surface area contributed by atoms with Crippen molar-refractivity contribution in [1.29, 1.82) is 0 Å². The van der Waals surface area contributed by atoms with Crippen LogP contribution in [0.4, 0.5) is 0 Å². The molecular weight excluding hydrogens is 610 g/mol.